The predicted octanol–water partition coefficient (Wildman–Crippen LogP) is 0.648. The van der Waals surface area contributed by atoms with Crippen molar-refractivity contribution in [2.45, 2.75) is 37.6 Å². The monoisotopic (exact) mass is 355 g/mol. The molecule has 0 radical (unpaired) electrons. The van der Waals surface area contributed by atoms with Crippen LogP contribution >= 0.6 is 0 Å². The Labute approximate surface area is 152 Å². The summed E-state index contributed by atoms with van der Waals surface area (Å²) in [6.07, 6.45) is 4.07. The Morgan fingerprint density at radius 2 is 2.08 bits per heavy atom. The Balaban J connectivity index is 1.20. The third-order valence-electron chi connectivity index (χ3n) is 5.94. The molecule has 5 rings (SSSR count). The topological polar surface area (TPSA) is 78.7 Å². The molecule has 0 spiro atoms. The molecule has 26 heavy (non-hydrogen) atoms. The summed E-state index contributed by atoms with van der Waals surface area (Å²) >= 11 is 0. The lowest BCUT2D eigenvalue weighted by atomic mass is 9.97. The van der Waals surface area contributed by atoms with E-state index >= 15 is 0 Å². The molecule has 2 aromatic rings. The molecule has 3 fully saturated rings. The molecule has 1 N–H and O–H groups in total. The molecule has 138 valence electrons. The van der Waals surface area contributed by atoms with Gasteiger partial charge in [0.05, 0.1) is 0 Å². The SMILES string of the molecule is CN(CC1CCC(=O)NC1)C1CN(c2ccc3nnc(C4CC4)n3n2)C1. The first kappa shape index (κ1) is 16.0. The van der Waals surface area contributed by atoms with E-state index in [-0.39, 0.29) is 5.91 Å². The average molecular weight is 355 g/mol. The number of nitrogens with one attached hydrogen (secondary N) is 1. The van der Waals surface area contributed by atoms with Gasteiger partial charge in [0, 0.05) is 44.6 Å². The summed E-state index contributed by atoms with van der Waals surface area (Å²) in [5.74, 6) is 3.32. The van der Waals surface area contributed by atoms with Crippen molar-refractivity contribution in [3.8, 4) is 0 Å². The van der Waals surface area contributed by atoms with E-state index < -0.39 is 0 Å². The second-order valence-corrected chi connectivity index (χ2v) is 8.00. The zero-order valence-electron chi connectivity index (χ0n) is 15.1. The molecular weight excluding hydrogens is 330 g/mol. The van der Waals surface area contributed by atoms with Gasteiger partial charge in [-0.15, -0.1) is 15.3 Å². The molecule has 0 bridgehead atoms. The maximum atomic E-state index is 11.3. The van der Waals surface area contributed by atoms with Gasteiger partial charge in [0.2, 0.25) is 5.91 Å². The summed E-state index contributed by atoms with van der Waals surface area (Å²) in [6.45, 7) is 3.85. The summed E-state index contributed by atoms with van der Waals surface area (Å²) in [7, 11) is 2.19. The first-order valence-electron chi connectivity index (χ1n) is 9.61. The van der Waals surface area contributed by atoms with Gasteiger partial charge < -0.3 is 10.2 Å². The Hall–Kier alpha value is -2.22. The molecule has 1 unspecified atom stereocenters. The fourth-order valence-corrected chi connectivity index (χ4v) is 3.98. The number of amides is 1. The van der Waals surface area contributed by atoms with Crippen LogP contribution in [0.1, 0.15) is 37.4 Å². The minimum Gasteiger partial charge on any atom is -0.356 e. The molecule has 0 aromatic carbocycles. The quantitative estimate of drug-likeness (QED) is 0.848. The third kappa shape index (κ3) is 2.92. The third-order valence-corrected chi connectivity index (χ3v) is 5.94. The molecule has 2 saturated heterocycles. The summed E-state index contributed by atoms with van der Waals surface area (Å²) in [6, 6.07) is 4.62. The molecule has 2 aromatic heterocycles. The number of carbonyl (C=O) groups excluding carboxylic acids is 1. The highest BCUT2D eigenvalue weighted by molar-refractivity contribution is 5.76. The van der Waals surface area contributed by atoms with Gasteiger partial charge in [-0.05, 0) is 44.4 Å². The van der Waals surface area contributed by atoms with Crippen LogP contribution in [0.3, 0.4) is 0 Å². The van der Waals surface area contributed by atoms with E-state index in [2.05, 4.69) is 32.4 Å². The second-order valence-electron chi connectivity index (χ2n) is 8.00. The van der Waals surface area contributed by atoms with Crippen molar-refractivity contribution in [1.29, 1.82) is 0 Å². The van der Waals surface area contributed by atoms with Gasteiger partial charge in [0.15, 0.2) is 11.5 Å². The van der Waals surface area contributed by atoms with E-state index in [1.807, 2.05) is 16.6 Å². The zero-order valence-corrected chi connectivity index (χ0v) is 15.1. The summed E-state index contributed by atoms with van der Waals surface area (Å²) < 4.78 is 1.93. The standard InChI is InChI=1S/C18H25N7O/c1-23(9-12-2-7-17(26)19-8-12)14-10-24(11-14)16-6-5-15-20-21-18(13-3-4-13)25(15)22-16/h5-6,12-14H,2-4,7-11H2,1H3,(H,19,26). The smallest absolute Gasteiger partial charge is 0.220 e. The van der Waals surface area contributed by atoms with E-state index in [0.29, 0.717) is 24.3 Å². The van der Waals surface area contributed by atoms with Gasteiger partial charge in [-0.25, -0.2) is 0 Å². The molecule has 2 aliphatic heterocycles. The first-order chi connectivity index (χ1) is 12.7. The second kappa shape index (κ2) is 6.19. The van der Waals surface area contributed by atoms with Gasteiger partial charge >= 0.3 is 0 Å². The number of hydrogen-bond acceptors (Lipinski definition) is 6. The van der Waals surface area contributed by atoms with Crippen molar-refractivity contribution in [2.75, 3.05) is 38.1 Å². The zero-order chi connectivity index (χ0) is 17.7. The van der Waals surface area contributed by atoms with Crippen LogP contribution in [-0.2, 0) is 4.79 Å². The Bertz CT molecular complexity index is 814. The minimum atomic E-state index is 0.194. The van der Waals surface area contributed by atoms with Crippen LogP contribution in [0, 0.1) is 5.92 Å². The Kier molecular flexibility index (Phi) is 3.81. The molecule has 8 heteroatoms. The molecule has 1 aliphatic carbocycles. The highest BCUT2D eigenvalue weighted by Gasteiger charge is 2.34. The molecule has 8 nitrogen and oxygen atoms in total. The fraction of sp³-hybridized carbons (Fsp3) is 0.667. The fourth-order valence-electron chi connectivity index (χ4n) is 3.98. The summed E-state index contributed by atoms with van der Waals surface area (Å²) in [5, 5.41) is 16.3. The van der Waals surface area contributed by atoms with Crippen LogP contribution in [0.25, 0.3) is 5.65 Å². The minimum absolute atomic E-state index is 0.194. The van der Waals surface area contributed by atoms with E-state index in [0.717, 1.165) is 49.9 Å². The van der Waals surface area contributed by atoms with Crippen molar-refractivity contribution >= 4 is 17.4 Å². The van der Waals surface area contributed by atoms with Crippen molar-refractivity contribution in [1.82, 2.24) is 30.0 Å². The van der Waals surface area contributed by atoms with Gasteiger partial charge in [0.1, 0.15) is 5.82 Å². The number of fused-ring (bicyclic) bond motifs is 1. The maximum absolute atomic E-state index is 11.3. The van der Waals surface area contributed by atoms with Crippen molar-refractivity contribution in [2.24, 2.45) is 5.92 Å². The number of hydrogen-bond donors (Lipinski definition) is 1. The van der Waals surface area contributed by atoms with Gasteiger partial charge in [-0.3, -0.25) is 9.69 Å². The number of piperidine rings is 1. The summed E-state index contributed by atoms with van der Waals surface area (Å²) in [5.41, 5.74) is 0.837. The van der Waals surface area contributed by atoms with Gasteiger partial charge in [-0.1, -0.05) is 0 Å². The maximum Gasteiger partial charge on any atom is 0.220 e. The van der Waals surface area contributed by atoms with Gasteiger partial charge in [-0.2, -0.15) is 4.52 Å². The van der Waals surface area contributed by atoms with Crippen LogP contribution in [0.15, 0.2) is 12.1 Å². The molecule has 1 atom stereocenters. The van der Waals surface area contributed by atoms with Crippen LogP contribution in [0.5, 0.6) is 0 Å². The number of aromatic nitrogens is 4. The van der Waals surface area contributed by atoms with Crippen LogP contribution in [-0.4, -0.2) is 69.9 Å². The summed E-state index contributed by atoms with van der Waals surface area (Å²) in [4.78, 5) is 16.0. The van der Waals surface area contributed by atoms with E-state index in [1.54, 1.807) is 0 Å². The molecule has 1 amide bonds. The normalized spacial score (nSPS) is 24.2. The highest BCUT2D eigenvalue weighted by atomic mass is 16.1. The molecule has 4 heterocycles. The van der Waals surface area contributed by atoms with Crippen molar-refractivity contribution in [3.05, 3.63) is 18.0 Å². The molecular formula is C18H25N7O. The number of rotatable bonds is 5. The Morgan fingerprint density at radius 3 is 2.81 bits per heavy atom. The van der Waals surface area contributed by atoms with Gasteiger partial charge in [0.25, 0.3) is 0 Å². The van der Waals surface area contributed by atoms with Crippen LogP contribution < -0.4 is 10.2 Å². The number of carbonyl (C=O) groups is 1. The lowest BCUT2D eigenvalue weighted by molar-refractivity contribution is -0.123. The van der Waals surface area contributed by atoms with Crippen LogP contribution in [0.2, 0.25) is 0 Å². The lowest BCUT2D eigenvalue weighted by Gasteiger charge is -2.45. The molecule has 3 aliphatic rings. The van der Waals surface area contributed by atoms with E-state index in [1.165, 1.54) is 12.8 Å². The average Bonchev–Trinajstić information content (AvgIpc) is 3.35. The number of anilines is 1. The number of nitrogens with zero attached hydrogens (tertiary/aromatic N) is 6. The van der Waals surface area contributed by atoms with E-state index in [9.17, 15) is 4.79 Å². The van der Waals surface area contributed by atoms with Crippen molar-refractivity contribution < 1.29 is 4.79 Å². The largest absolute Gasteiger partial charge is 0.356 e. The highest BCUT2D eigenvalue weighted by Crippen LogP contribution is 2.38. The van der Waals surface area contributed by atoms with Crippen LogP contribution in [0.4, 0.5) is 5.82 Å². The first-order valence-corrected chi connectivity index (χ1v) is 9.61. The molecule has 1 saturated carbocycles. The number of likely N-dealkylation sites (N-methyl/N-ethyl adjacent to an activating group) is 1. The lowest BCUT2D eigenvalue weighted by Crippen LogP contribution is -2.60. The predicted molar refractivity (Wildman–Crippen MR) is 97.1 cm³/mol. The van der Waals surface area contributed by atoms with Crippen molar-refractivity contribution in [3.63, 3.8) is 0 Å². The Morgan fingerprint density at radius 1 is 1.23 bits per heavy atom. The van der Waals surface area contributed by atoms with E-state index in [4.69, 9.17) is 5.10 Å².